The molecule has 1 atom stereocenters. The fourth-order valence-corrected chi connectivity index (χ4v) is 5.03. The first kappa shape index (κ1) is 14.4. The van der Waals surface area contributed by atoms with Crippen LogP contribution in [-0.2, 0) is 10.0 Å². The molecule has 2 N–H and O–H groups in total. The molecule has 1 aliphatic heterocycles. The number of hydrogen-bond acceptors (Lipinski definition) is 5. The summed E-state index contributed by atoms with van der Waals surface area (Å²) in [4.78, 5) is 11.4. The van der Waals surface area contributed by atoms with Gasteiger partial charge in [0.15, 0.2) is 0 Å². The molecule has 0 aromatic carbocycles. The van der Waals surface area contributed by atoms with Gasteiger partial charge in [0.25, 0.3) is 0 Å². The van der Waals surface area contributed by atoms with Crippen LogP contribution in [0.3, 0.4) is 0 Å². The highest BCUT2D eigenvalue weighted by molar-refractivity contribution is 7.89. The number of aliphatic hydroxyl groups is 1. The third kappa shape index (κ3) is 2.66. The topological polar surface area (TPSA) is 94.9 Å². The second-order valence-electron chi connectivity index (χ2n) is 4.92. The maximum atomic E-state index is 12.4. The van der Waals surface area contributed by atoms with Gasteiger partial charge in [0, 0.05) is 18.0 Å². The van der Waals surface area contributed by atoms with Crippen molar-refractivity contribution >= 4 is 27.3 Å². The Balaban J connectivity index is 2.38. The van der Waals surface area contributed by atoms with Crippen LogP contribution in [-0.4, -0.2) is 47.6 Å². The Morgan fingerprint density at radius 3 is 2.58 bits per heavy atom. The third-order valence-corrected chi connectivity index (χ3v) is 6.26. The van der Waals surface area contributed by atoms with Gasteiger partial charge in [-0.3, -0.25) is 0 Å². The van der Waals surface area contributed by atoms with Crippen molar-refractivity contribution in [3.63, 3.8) is 0 Å². The van der Waals surface area contributed by atoms with Crippen LogP contribution >= 0.6 is 11.3 Å². The minimum Gasteiger partial charge on any atom is -0.477 e. The zero-order valence-corrected chi connectivity index (χ0v) is 12.2. The van der Waals surface area contributed by atoms with Crippen molar-refractivity contribution in [2.75, 3.05) is 13.1 Å². The highest BCUT2D eigenvalue weighted by atomic mass is 32.2. The minimum absolute atomic E-state index is 0.00188. The number of carboxylic acids is 1. The first-order valence-corrected chi connectivity index (χ1v) is 7.95. The minimum atomic E-state index is -3.73. The molecule has 1 unspecified atom stereocenters. The molecule has 1 fully saturated rings. The maximum Gasteiger partial charge on any atom is 0.345 e. The fourth-order valence-electron chi connectivity index (χ4n) is 2.07. The standard InChI is InChI=1S/C11H15NO5S2/c1-7-9(5-8(18-7)10(13)14)19(16,17)12-4-3-11(2,15)6-12/h5,15H,3-4,6H2,1-2H3,(H,13,14). The lowest BCUT2D eigenvalue weighted by Gasteiger charge is -2.18. The van der Waals surface area contributed by atoms with Gasteiger partial charge in [-0.05, 0) is 26.3 Å². The van der Waals surface area contributed by atoms with Crippen molar-refractivity contribution in [2.24, 2.45) is 0 Å². The van der Waals surface area contributed by atoms with Gasteiger partial charge in [-0.2, -0.15) is 4.31 Å². The Kier molecular flexibility index (Phi) is 3.46. The zero-order valence-electron chi connectivity index (χ0n) is 10.6. The molecule has 1 aromatic rings. The van der Waals surface area contributed by atoms with E-state index in [4.69, 9.17) is 5.11 Å². The highest BCUT2D eigenvalue weighted by Crippen LogP contribution is 2.32. The average molecular weight is 305 g/mol. The van der Waals surface area contributed by atoms with Crippen molar-refractivity contribution in [3.8, 4) is 0 Å². The van der Waals surface area contributed by atoms with E-state index in [1.54, 1.807) is 13.8 Å². The van der Waals surface area contributed by atoms with Crippen LogP contribution in [0.2, 0.25) is 0 Å². The van der Waals surface area contributed by atoms with Gasteiger partial charge in [0.05, 0.1) is 10.5 Å². The Hall–Kier alpha value is -0.960. The molecule has 1 aromatic heterocycles. The number of aryl methyl sites for hydroxylation is 1. The van der Waals surface area contributed by atoms with Gasteiger partial charge in [-0.15, -0.1) is 11.3 Å². The van der Waals surface area contributed by atoms with Crippen LogP contribution in [0.4, 0.5) is 0 Å². The first-order chi connectivity index (χ1) is 8.63. The summed E-state index contributed by atoms with van der Waals surface area (Å²) in [5.41, 5.74) is -1.02. The molecular weight excluding hydrogens is 290 g/mol. The second kappa shape index (κ2) is 4.55. The van der Waals surface area contributed by atoms with Crippen molar-refractivity contribution < 1.29 is 23.4 Å². The van der Waals surface area contributed by atoms with E-state index in [1.807, 2.05) is 0 Å². The van der Waals surface area contributed by atoms with E-state index in [0.717, 1.165) is 11.3 Å². The Labute approximate surface area is 115 Å². The second-order valence-corrected chi connectivity index (χ2v) is 8.08. The predicted octanol–water partition coefficient (Wildman–Crippen LogP) is 0.900. The summed E-state index contributed by atoms with van der Waals surface area (Å²) in [6.45, 7) is 3.45. The molecular formula is C11H15NO5S2. The fraction of sp³-hybridized carbons (Fsp3) is 0.545. The van der Waals surface area contributed by atoms with Crippen molar-refractivity contribution in [3.05, 3.63) is 15.8 Å². The number of rotatable bonds is 3. The SMILES string of the molecule is Cc1sc(C(=O)O)cc1S(=O)(=O)N1CCC(C)(O)C1. The van der Waals surface area contributed by atoms with Gasteiger partial charge >= 0.3 is 5.97 Å². The van der Waals surface area contributed by atoms with Crippen molar-refractivity contribution in [1.29, 1.82) is 0 Å². The number of carbonyl (C=O) groups is 1. The number of β-amino-alcohol motifs (C(OH)–C–C–N with tert-alkyl or cyclic N) is 1. The predicted molar refractivity (Wildman–Crippen MR) is 70.0 cm³/mol. The number of sulfonamides is 1. The summed E-state index contributed by atoms with van der Waals surface area (Å²) in [5, 5.41) is 18.7. The van der Waals surface area contributed by atoms with E-state index in [0.29, 0.717) is 11.3 Å². The molecule has 2 rings (SSSR count). The molecule has 0 bridgehead atoms. The number of carboxylic acid groups (broad SMARTS) is 1. The molecule has 0 spiro atoms. The lowest BCUT2D eigenvalue weighted by molar-refractivity contribution is 0.0701. The summed E-state index contributed by atoms with van der Waals surface area (Å²) >= 11 is 0.940. The summed E-state index contributed by atoms with van der Waals surface area (Å²) in [6, 6.07) is 1.19. The molecule has 6 nitrogen and oxygen atoms in total. The van der Waals surface area contributed by atoms with E-state index in [-0.39, 0.29) is 22.9 Å². The summed E-state index contributed by atoms with van der Waals surface area (Å²) in [7, 11) is -3.73. The molecule has 0 saturated carbocycles. The molecule has 19 heavy (non-hydrogen) atoms. The molecule has 8 heteroatoms. The molecule has 0 aliphatic carbocycles. The monoisotopic (exact) mass is 305 g/mol. The van der Waals surface area contributed by atoms with Gasteiger partial charge in [0.1, 0.15) is 4.88 Å². The van der Waals surface area contributed by atoms with E-state index >= 15 is 0 Å². The molecule has 0 radical (unpaired) electrons. The number of hydrogen-bond donors (Lipinski definition) is 2. The zero-order chi connectivity index (χ0) is 14.4. The van der Waals surface area contributed by atoms with E-state index in [2.05, 4.69) is 0 Å². The smallest absolute Gasteiger partial charge is 0.345 e. The van der Waals surface area contributed by atoms with Gasteiger partial charge in [0.2, 0.25) is 10.0 Å². The number of aromatic carboxylic acids is 1. The van der Waals surface area contributed by atoms with Gasteiger partial charge < -0.3 is 10.2 Å². The Bertz CT molecular complexity index is 617. The summed E-state index contributed by atoms with van der Waals surface area (Å²) in [6.07, 6.45) is 0.376. The van der Waals surface area contributed by atoms with Crippen LogP contribution in [0.15, 0.2) is 11.0 Å². The average Bonchev–Trinajstić information content (AvgIpc) is 2.82. The molecule has 2 heterocycles. The quantitative estimate of drug-likeness (QED) is 0.865. The van der Waals surface area contributed by atoms with E-state index in [1.165, 1.54) is 10.4 Å². The van der Waals surface area contributed by atoms with E-state index in [9.17, 15) is 18.3 Å². The van der Waals surface area contributed by atoms with E-state index < -0.39 is 21.6 Å². The third-order valence-electron chi connectivity index (χ3n) is 3.12. The molecule has 1 aliphatic rings. The largest absolute Gasteiger partial charge is 0.477 e. The summed E-state index contributed by atoms with van der Waals surface area (Å²) < 4.78 is 26.0. The normalized spacial score (nSPS) is 24.8. The number of thiophene rings is 1. The Morgan fingerprint density at radius 1 is 1.53 bits per heavy atom. The van der Waals surface area contributed by atoms with Crippen molar-refractivity contribution in [2.45, 2.75) is 30.8 Å². The van der Waals surface area contributed by atoms with Crippen molar-refractivity contribution in [1.82, 2.24) is 4.31 Å². The highest BCUT2D eigenvalue weighted by Gasteiger charge is 2.39. The molecule has 0 amide bonds. The van der Waals surface area contributed by atoms with Crippen LogP contribution in [0, 0.1) is 6.92 Å². The maximum absolute atomic E-state index is 12.4. The van der Waals surface area contributed by atoms with Crippen LogP contribution < -0.4 is 0 Å². The molecule has 106 valence electrons. The van der Waals surface area contributed by atoms with Gasteiger partial charge in [-0.25, -0.2) is 13.2 Å². The van der Waals surface area contributed by atoms with Gasteiger partial charge in [-0.1, -0.05) is 0 Å². The van der Waals surface area contributed by atoms with Crippen LogP contribution in [0.5, 0.6) is 0 Å². The lowest BCUT2D eigenvalue weighted by Crippen LogP contribution is -2.34. The summed E-state index contributed by atoms with van der Waals surface area (Å²) in [5.74, 6) is -1.14. The first-order valence-electron chi connectivity index (χ1n) is 5.70. The lowest BCUT2D eigenvalue weighted by atomic mass is 10.1. The van der Waals surface area contributed by atoms with Crippen LogP contribution in [0.1, 0.15) is 27.9 Å². The number of nitrogens with zero attached hydrogens (tertiary/aromatic N) is 1. The van der Waals surface area contributed by atoms with Crippen LogP contribution in [0.25, 0.3) is 0 Å². The molecule has 1 saturated heterocycles. The Morgan fingerprint density at radius 2 is 2.16 bits per heavy atom.